The van der Waals surface area contributed by atoms with Gasteiger partial charge in [-0.3, -0.25) is 4.79 Å². The molecule has 0 saturated heterocycles. The Hall–Kier alpha value is -3.09. The van der Waals surface area contributed by atoms with Crippen LogP contribution >= 0.6 is 0 Å². The highest BCUT2D eigenvalue weighted by atomic mass is 19.1. The van der Waals surface area contributed by atoms with Crippen LogP contribution in [0.15, 0.2) is 47.4 Å². The summed E-state index contributed by atoms with van der Waals surface area (Å²) in [6.45, 7) is 1.90. The van der Waals surface area contributed by atoms with Crippen LogP contribution in [0.1, 0.15) is 21.8 Å². The molecule has 116 valence electrons. The van der Waals surface area contributed by atoms with Gasteiger partial charge < -0.3 is 9.84 Å². The second kappa shape index (κ2) is 6.35. The minimum absolute atomic E-state index is 0.236. The van der Waals surface area contributed by atoms with Gasteiger partial charge in [0.2, 0.25) is 0 Å². The topological polar surface area (TPSA) is 80.9 Å². The van der Waals surface area contributed by atoms with Gasteiger partial charge in [-0.05, 0) is 37.3 Å². The van der Waals surface area contributed by atoms with Gasteiger partial charge in [-0.2, -0.15) is 0 Å². The molecular weight excluding hydrogens is 299 g/mol. The summed E-state index contributed by atoms with van der Waals surface area (Å²) < 4.78 is 17.8. The molecule has 0 spiro atoms. The second-order valence-electron chi connectivity index (χ2n) is 4.88. The largest absolute Gasteiger partial charge is 0.361 e. The molecule has 6 nitrogen and oxygen atoms in total. The molecule has 7 heteroatoms. The standard InChI is InChI=1S/C16H13FN4O2/c1-10-14(8-21-23-10)16(22)18-7-13-6-15(20-9-19-13)11-2-4-12(17)5-3-11/h2-6,8-9H,7H2,1H3,(H,18,22). The van der Waals surface area contributed by atoms with Gasteiger partial charge in [0, 0.05) is 5.56 Å². The fourth-order valence-electron chi connectivity index (χ4n) is 2.06. The monoisotopic (exact) mass is 312 g/mol. The Morgan fingerprint density at radius 2 is 2.04 bits per heavy atom. The quantitative estimate of drug-likeness (QED) is 0.800. The third-order valence-corrected chi connectivity index (χ3v) is 3.29. The average molecular weight is 312 g/mol. The van der Waals surface area contributed by atoms with E-state index in [-0.39, 0.29) is 18.3 Å². The number of aromatic nitrogens is 3. The zero-order valence-corrected chi connectivity index (χ0v) is 12.3. The Morgan fingerprint density at radius 1 is 1.26 bits per heavy atom. The summed E-state index contributed by atoms with van der Waals surface area (Å²) in [5, 5.41) is 6.31. The average Bonchev–Trinajstić information content (AvgIpc) is 3.00. The van der Waals surface area contributed by atoms with E-state index in [0.29, 0.717) is 22.7 Å². The number of carbonyl (C=O) groups excluding carboxylic acids is 1. The Morgan fingerprint density at radius 3 is 2.74 bits per heavy atom. The molecule has 0 radical (unpaired) electrons. The van der Waals surface area contributed by atoms with Crippen LogP contribution in [-0.2, 0) is 6.54 Å². The Labute approximate surface area is 131 Å². The van der Waals surface area contributed by atoms with Crippen LogP contribution in [0.5, 0.6) is 0 Å². The van der Waals surface area contributed by atoms with Crippen LogP contribution in [-0.4, -0.2) is 21.0 Å². The molecule has 2 heterocycles. The Bertz CT molecular complexity index is 830. The molecule has 0 aliphatic heterocycles. The molecule has 0 aliphatic carbocycles. The first kappa shape index (κ1) is 14.8. The number of halogens is 1. The van der Waals surface area contributed by atoms with Gasteiger partial charge in [0.25, 0.3) is 5.91 Å². The molecule has 0 saturated carbocycles. The fraction of sp³-hybridized carbons (Fsp3) is 0.125. The predicted octanol–water partition coefficient (Wildman–Crippen LogP) is 2.51. The van der Waals surface area contributed by atoms with Crippen LogP contribution in [0.2, 0.25) is 0 Å². The number of aryl methyl sites for hydroxylation is 1. The molecule has 3 aromatic rings. The van der Waals surface area contributed by atoms with E-state index in [1.54, 1.807) is 25.1 Å². The molecule has 0 bridgehead atoms. The number of carbonyl (C=O) groups is 1. The number of hydrogen-bond acceptors (Lipinski definition) is 5. The van der Waals surface area contributed by atoms with Crippen LogP contribution in [0.25, 0.3) is 11.3 Å². The highest BCUT2D eigenvalue weighted by molar-refractivity contribution is 5.94. The maximum absolute atomic E-state index is 13.0. The van der Waals surface area contributed by atoms with E-state index in [1.165, 1.54) is 24.7 Å². The summed E-state index contributed by atoms with van der Waals surface area (Å²) in [6.07, 6.45) is 2.78. The van der Waals surface area contributed by atoms with E-state index >= 15 is 0 Å². The molecular formula is C16H13FN4O2. The fourth-order valence-corrected chi connectivity index (χ4v) is 2.06. The first-order chi connectivity index (χ1) is 11.1. The Kier molecular flexibility index (Phi) is 4.09. The molecule has 1 aromatic carbocycles. The summed E-state index contributed by atoms with van der Waals surface area (Å²) in [5.41, 5.74) is 2.46. The van der Waals surface area contributed by atoms with Crippen LogP contribution in [0.4, 0.5) is 4.39 Å². The van der Waals surface area contributed by atoms with E-state index in [0.717, 1.165) is 5.56 Å². The molecule has 2 aromatic heterocycles. The maximum atomic E-state index is 13.0. The van der Waals surface area contributed by atoms with Crippen molar-refractivity contribution in [3.05, 3.63) is 65.7 Å². The zero-order chi connectivity index (χ0) is 16.2. The first-order valence-electron chi connectivity index (χ1n) is 6.90. The smallest absolute Gasteiger partial charge is 0.256 e. The highest BCUT2D eigenvalue weighted by Gasteiger charge is 2.12. The third-order valence-electron chi connectivity index (χ3n) is 3.29. The SMILES string of the molecule is Cc1oncc1C(=O)NCc1cc(-c2ccc(F)cc2)ncn1. The van der Waals surface area contributed by atoms with Crippen LogP contribution < -0.4 is 5.32 Å². The lowest BCUT2D eigenvalue weighted by atomic mass is 10.1. The normalized spacial score (nSPS) is 10.5. The van der Waals surface area contributed by atoms with Crippen LogP contribution in [0.3, 0.4) is 0 Å². The van der Waals surface area contributed by atoms with Gasteiger partial charge in [-0.1, -0.05) is 5.16 Å². The summed E-state index contributed by atoms with van der Waals surface area (Å²) in [5.74, 6) is -0.137. The zero-order valence-electron chi connectivity index (χ0n) is 12.3. The van der Waals surface area contributed by atoms with Gasteiger partial charge in [0.05, 0.1) is 24.1 Å². The number of nitrogens with one attached hydrogen (secondary N) is 1. The second-order valence-corrected chi connectivity index (χ2v) is 4.88. The first-order valence-corrected chi connectivity index (χ1v) is 6.90. The summed E-state index contributed by atoms with van der Waals surface area (Å²) in [6, 6.07) is 7.76. The van der Waals surface area contributed by atoms with Crippen molar-refractivity contribution >= 4 is 5.91 Å². The number of nitrogens with zero attached hydrogens (tertiary/aromatic N) is 3. The molecule has 0 atom stereocenters. The lowest BCUT2D eigenvalue weighted by molar-refractivity contribution is 0.0949. The predicted molar refractivity (Wildman–Crippen MR) is 79.8 cm³/mol. The van der Waals surface area contributed by atoms with E-state index in [2.05, 4.69) is 20.4 Å². The molecule has 3 rings (SSSR count). The molecule has 23 heavy (non-hydrogen) atoms. The minimum atomic E-state index is -0.306. The molecule has 0 fully saturated rings. The van der Waals surface area contributed by atoms with Gasteiger partial charge in [0.15, 0.2) is 0 Å². The van der Waals surface area contributed by atoms with Crippen molar-refractivity contribution < 1.29 is 13.7 Å². The molecule has 1 amide bonds. The van der Waals surface area contributed by atoms with E-state index < -0.39 is 0 Å². The third kappa shape index (κ3) is 3.39. The van der Waals surface area contributed by atoms with Gasteiger partial charge >= 0.3 is 0 Å². The van der Waals surface area contributed by atoms with E-state index in [1.807, 2.05) is 0 Å². The van der Waals surface area contributed by atoms with Crippen molar-refractivity contribution in [1.82, 2.24) is 20.4 Å². The molecule has 1 N–H and O–H groups in total. The maximum Gasteiger partial charge on any atom is 0.256 e. The van der Waals surface area contributed by atoms with Crippen molar-refractivity contribution in [2.45, 2.75) is 13.5 Å². The minimum Gasteiger partial charge on any atom is -0.361 e. The number of benzene rings is 1. The van der Waals surface area contributed by atoms with Crippen molar-refractivity contribution in [1.29, 1.82) is 0 Å². The van der Waals surface area contributed by atoms with Crippen molar-refractivity contribution in [2.24, 2.45) is 0 Å². The molecule has 0 unspecified atom stereocenters. The summed E-state index contributed by atoms with van der Waals surface area (Å²) in [7, 11) is 0. The molecule has 0 aliphatic rings. The van der Waals surface area contributed by atoms with Gasteiger partial charge in [-0.15, -0.1) is 0 Å². The van der Waals surface area contributed by atoms with Crippen molar-refractivity contribution in [3.63, 3.8) is 0 Å². The van der Waals surface area contributed by atoms with Crippen LogP contribution in [0, 0.1) is 12.7 Å². The highest BCUT2D eigenvalue weighted by Crippen LogP contribution is 2.17. The number of amides is 1. The lowest BCUT2D eigenvalue weighted by Crippen LogP contribution is -2.23. The summed E-state index contributed by atoms with van der Waals surface area (Å²) >= 11 is 0. The van der Waals surface area contributed by atoms with Gasteiger partial charge in [0.1, 0.15) is 23.5 Å². The van der Waals surface area contributed by atoms with E-state index in [9.17, 15) is 9.18 Å². The lowest BCUT2D eigenvalue weighted by Gasteiger charge is -2.05. The summed E-state index contributed by atoms with van der Waals surface area (Å²) in [4.78, 5) is 20.3. The van der Waals surface area contributed by atoms with Crippen molar-refractivity contribution in [2.75, 3.05) is 0 Å². The van der Waals surface area contributed by atoms with Gasteiger partial charge in [-0.25, -0.2) is 14.4 Å². The Balaban J connectivity index is 1.72. The number of hydrogen-bond donors (Lipinski definition) is 1. The van der Waals surface area contributed by atoms with Crippen molar-refractivity contribution in [3.8, 4) is 11.3 Å². The van der Waals surface area contributed by atoms with E-state index in [4.69, 9.17) is 4.52 Å². The number of rotatable bonds is 4.